The zero-order chi connectivity index (χ0) is 18.6. The molecule has 0 aromatic heterocycles. The molecule has 0 saturated carbocycles. The van der Waals surface area contributed by atoms with Crippen molar-refractivity contribution in [3.63, 3.8) is 0 Å². The maximum absolute atomic E-state index is 12.5. The topological polar surface area (TPSA) is 95.9 Å². The minimum atomic E-state index is -1.02. The van der Waals surface area contributed by atoms with Gasteiger partial charge in [0.15, 0.2) is 6.10 Å². The lowest BCUT2D eigenvalue weighted by Gasteiger charge is -2.35. The van der Waals surface area contributed by atoms with Crippen molar-refractivity contribution in [2.24, 2.45) is 5.92 Å². The summed E-state index contributed by atoms with van der Waals surface area (Å²) in [5.74, 6) is -0.592. The number of carboxylic acid groups (broad SMARTS) is 1. The number of anilines is 2. The zero-order valence-corrected chi connectivity index (χ0v) is 14.7. The van der Waals surface area contributed by atoms with E-state index in [1.54, 1.807) is 23.1 Å². The fourth-order valence-electron chi connectivity index (χ4n) is 2.66. The minimum Gasteiger partial charge on any atom is -0.481 e. The zero-order valence-electron chi connectivity index (χ0n) is 14.7. The van der Waals surface area contributed by atoms with E-state index in [-0.39, 0.29) is 24.7 Å². The average Bonchev–Trinajstić information content (AvgIpc) is 2.55. The Morgan fingerprint density at radius 1 is 1.32 bits per heavy atom. The lowest BCUT2D eigenvalue weighted by molar-refractivity contribution is -0.138. The molecule has 0 bridgehead atoms. The monoisotopic (exact) mass is 348 g/mol. The van der Waals surface area contributed by atoms with Crippen LogP contribution in [0.3, 0.4) is 0 Å². The van der Waals surface area contributed by atoms with Crippen LogP contribution in [0.5, 0.6) is 5.75 Å². The van der Waals surface area contributed by atoms with Gasteiger partial charge in [-0.2, -0.15) is 0 Å². The second-order valence-corrected chi connectivity index (χ2v) is 6.48. The molecule has 1 aromatic carbocycles. The molecule has 1 aromatic rings. The highest BCUT2D eigenvalue weighted by atomic mass is 16.5. The van der Waals surface area contributed by atoms with Gasteiger partial charge in [0.1, 0.15) is 5.75 Å². The number of aliphatic carboxylic acids is 1. The molecular weight excluding hydrogens is 324 g/mol. The van der Waals surface area contributed by atoms with Gasteiger partial charge in [0.05, 0.1) is 12.1 Å². The molecule has 25 heavy (non-hydrogen) atoms. The first-order valence-corrected chi connectivity index (χ1v) is 8.45. The average molecular weight is 348 g/mol. The Labute approximate surface area is 147 Å². The summed E-state index contributed by atoms with van der Waals surface area (Å²) < 4.78 is 5.79. The molecule has 0 saturated heterocycles. The SMILES string of the molecule is CCC1Oc2cc(NC(=O)CCC(=O)O)ccc2N(CC(C)C)C1=O. The highest BCUT2D eigenvalue weighted by Crippen LogP contribution is 2.37. The van der Waals surface area contributed by atoms with Crippen molar-refractivity contribution in [3.8, 4) is 5.75 Å². The molecule has 1 atom stereocenters. The van der Waals surface area contributed by atoms with Crippen LogP contribution < -0.4 is 15.0 Å². The summed E-state index contributed by atoms with van der Waals surface area (Å²) in [6, 6.07) is 5.11. The van der Waals surface area contributed by atoms with E-state index >= 15 is 0 Å². The Hall–Kier alpha value is -2.57. The van der Waals surface area contributed by atoms with Crippen LogP contribution in [0.2, 0.25) is 0 Å². The summed E-state index contributed by atoms with van der Waals surface area (Å²) in [4.78, 5) is 36.6. The van der Waals surface area contributed by atoms with E-state index in [1.807, 2.05) is 20.8 Å². The molecular formula is C18H24N2O5. The van der Waals surface area contributed by atoms with Gasteiger partial charge in [-0.1, -0.05) is 20.8 Å². The van der Waals surface area contributed by atoms with Gasteiger partial charge in [-0.25, -0.2) is 0 Å². The molecule has 7 nitrogen and oxygen atoms in total. The van der Waals surface area contributed by atoms with Crippen LogP contribution in [0.15, 0.2) is 18.2 Å². The van der Waals surface area contributed by atoms with E-state index < -0.39 is 12.1 Å². The van der Waals surface area contributed by atoms with Gasteiger partial charge < -0.3 is 20.1 Å². The first-order chi connectivity index (χ1) is 11.8. The maximum Gasteiger partial charge on any atom is 0.303 e. The van der Waals surface area contributed by atoms with Crippen LogP contribution in [0.1, 0.15) is 40.0 Å². The maximum atomic E-state index is 12.5. The van der Waals surface area contributed by atoms with Gasteiger partial charge in [0, 0.05) is 24.7 Å². The van der Waals surface area contributed by atoms with Crippen molar-refractivity contribution in [1.82, 2.24) is 0 Å². The van der Waals surface area contributed by atoms with Crippen molar-refractivity contribution < 1.29 is 24.2 Å². The second kappa shape index (κ2) is 8.00. The van der Waals surface area contributed by atoms with Gasteiger partial charge in [0.25, 0.3) is 5.91 Å². The summed E-state index contributed by atoms with van der Waals surface area (Å²) in [6.07, 6.45) is -0.295. The number of benzene rings is 1. The Morgan fingerprint density at radius 2 is 2.04 bits per heavy atom. The van der Waals surface area contributed by atoms with Crippen molar-refractivity contribution in [1.29, 1.82) is 0 Å². The minimum absolute atomic E-state index is 0.0538. The van der Waals surface area contributed by atoms with Crippen LogP contribution in [-0.2, 0) is 14.4 Å². The molecule has 0 radical (unpaired) electrons. The number of amides is 2. The summed E-state index contributed by atoms with van der Waals surface area (Å²) in [7, 11) is 0. The molecule has 1 aliphatic rings. The van der Waals surface area contributed by atoms with E-state index in [0.717, 1.165) is 0 Å². The number of rotatable bonds is 7. The van der Waals surface area contributed by atoms with Gasteiger partial charge in [-0.3, -0.25) is 14.4 Å². The van der Waals surface area contributed by atoms with E-state index in [4.69, 9.17) is 9.84 Å². The summed E-state index contributed by atoms with van der Waals surface area (Å²) in [5.41, 5.74) is 1.20. The van der Waals surface area contributed by atoms with Crippen LogP contribution in [0, 0.1) is 5.92 Å². The van der Waals surface area contributed by atoms with Crippen LogP contribution >= 0.6 is 0 Å². The van der Waals surface area contributed by atoms with Gasteiger partial charge in [0.2, 0.25) is 5.91 Å². The molecule has 2 rings (SSSR count). The predicted octanol–water partition coefficient (Wildman–Crippen LogP) is 2.65. The lowest BCUT2D eigenvalue weighted by Crippen LogP contribution is -2.47. The van der Waals surface area contributed by atoms with Gasteiger partial charge >= 0.3 is 5.97 Å². The number of ether oxygens (including phenoxy) is 1. The molecule has 1 aliphatic heterocycles. The number of carbonyl (C=O) groups is 3. The van der Waals surface area contributed by atoms with Crippen LogP contribution in [-0.4, -0.2) is 35.5 Å². The Kier molecular flexibility index (Phi) is 6.01. The normalized spacial score (nSPS) is 16.4. The van der Waals surface area contributed by atoms with E-state index in [0.29, 0.717) is 36.0 Å². The second-order valence-electron chi connectivity index (χ2n) is 6.48. The predicted molar refractivity (Wildman–Crippen MR) is 93.8 cm³/mol. The van der Waals surface area contributed by atoms with Crippen molar-refractivity contribution in [2.75, 3.05) is 16.8 Å². The lowest BCUT2D eigenvalue weighted by atomic mass is 10.1. The van der Waals surface area contributed by atoms with E-state index in [1.165, 1.54) is 0 Å². The third kappa shape index (κ3) is 4.71. The third-order valence-corrected chi connectivity index (χ3v) is 3.83. The summed E-state index contributed by atoms with van der Waals surface area (Å²) >= 11 is 0. The van der Waals surface area contributed by atoms with Crippen molar-refractivity contribution in [3.05, 3.63) is 18.2 Å². The number of hydrogen-bond donors (Lipinski definition) is 2. The molecule has 136 valence electrons. The number of carbonyl (C=O) groups excluding carboxylic acids is 2. The fraction of sp³-hybridized carbons (Fsp3) is 0.500. The summed E-state index contributed by atoms with van der Waals surface area (Å²) in [6.45, 7) is 6.56. The van der Waals surface area contributed by atoms with E-state index in [2.05, 4.69) is 5.32 Å². The fourth-order valence-corrected chi connectivity index (χ4v) is 2.66. The molecule has 1 heterocycles. The standard InChI is InChI=1S/C18H24N2O5/c1-4-14-18(24)20(10-11(2)3)13-6-5-12(9-15(13)25-14)19-16(21)7-8-17(22)23/h5-6,9,11,14H,4,7-8,10H2,1-3H3,(H,19,21)(H,22,23). The highest BCUT2D eigenvalue weighted by Gasteiger charge is 2.33. The molecule has 1 unspecified atom stereocenters. The molecule has 7 heteroatoms. The number of nitrogens with zero attached hydrogens (tertiary/aromatic N) is 1. The van der Waals surface area contributed by atoms with E-state index in [9.17, 15) is 14.4 Å². The number of carboxylic acids is 1. The molecule has 0 aliphatic carbocycles. The molecule has 2 N–H and O–H groups in total. The Bertz CT molecular complexity index is 671. The quantitative estimate of drug-likeness (QED) is 0.790. The van der Waals surface area contributed by atoms with Crippen LogP contribution in [0.25, 0.3) is 0 Å². The van der Waals surface area contributed by atoms with Crippen LogP contribution in [0.4, 0.5) is 11.4 Å². The molecule has 2 amide bonds. The van der Waals surface area contributed by atoms with Gasteiger partial charge in [-0.15, -0.1) is 0 Å². The Balaban J connectivity index is 2.21. The van der Waals surface area contributed by atoms with Crippen molar-refractivity contribution >= 4 is 29.2 Å². The number of fused-ring (bicyclic) bond motifs is 1. The van der Waals surface area contributed by atoms with Crippen molar-refractivity contribution in [2.45, 2.75) is 46.1 Å². The third-order valence-electron chi connectivity index (χ3n) is 3.83. The molecule has 0 fully saturated rings. The first-order valence-electron chi connectivity index (χ1n) is 8.45. The Morgan fingerprint density at radius 3 is 2.64 bits per heavy atom. The smallest absolute Gasteiger partial charge is 0.303 e. The number of nitrogens with one attached hydrogen (secondary N) is 1. The molecule has 0 spiro atoms. The highest BCUT2D eigenvalue weighted by molar-refractivity contribution is 6.01. The first kappa shape index (κ1) is 18.8. The van der Waals surface area contributed by atoms with Gasteiger partial charge in [-0.05, 0) is 24.5 Å². The number of hydrogen-bond acceptors (Lipinski definition) is 4. The largest absolute Gasteiger partial charge is 0.481 e. The summed E-state index contributed by atoms with van der Waals surface area (Å²) in [5, 5.41) is 11.3.